The Kier molecular flexibility index (Phi) is 5.87. The molecule has 3 rings (SSSR count). The fourth-order valence-electron chi connectivity index (χ4n) is 2.74. The largest absolute Gasteiger partial charge is 0.497 e. The van der Waals surface area contributed by atoms with Gasteiger partial charge >= 0.3 is 5.97 Å². The Balaban J connectivity index is 1.84. The van der Waals surface area contributed by atoms with Crippen LogP contribution in [0, 0.1) is 0 Å². The maximum atomic E-state index is 12.3. The highest BCUT2D eigenvalue weighted by Crippen LogP contribution is 2.26. The van der Waals surface area contributed by atoms with Gasteiger partial charge in [0, 0.05) is 6.08 Å². The summed E-state index contributed by atoms with van der Waals surface area (Å²) < 4.78 is 5.15. The predicted octanol–water partition coefficient (Wildman–Crippen LogP) is 4.71. The first kappa shape index (κ1) is 18.9. The van der Waals surface area contributed by atoms with Crippen molar-refractivity contribution in [2.45, 2.75) is 0 Å². The first-order chi connectivity index (χ1) is 13.6. The third kappa shape index (κ3) is 4.65. The van der Waals surface area contributed by atoms with Crippen molar-refractivity contribution >= 4 is 23.6 Å². The average Bonchev–Trinajstić information content (AvgIpc) is 2.73. The van der Waals surface area contributed by atoms with Crippen molar-refractivity contribution < 1.29 is 19.4 Å². The van der Waals surface area contributed by atoms with E-state index in [1.165, 1.54) is 12.1 Å². The van der Waals surface area contributed by atoms with Gasteiger partial charge in [-0.25, -0.2) is 4.79 Å². The highest BCUT2D eigenvalue weighted by molar-refractivity contribution is 6.06. The van der Waals surface area contributed by atoms with E-state index in [2.05, 4.69) is 5.32 Å². The zero-order valence-electron chi connectivity index (χ0n) is 15.3. The minimum Gasteiger partial charge on any atom is -0.497 e. The lowest BCUT2D eigenvalue weighted by Crippen LogP contribution is -2.12. The van der Waals surface area contributed by atoms with E-state index in [0.29, 0.717) is 5.75 Å². The number of nitrogens with one attached hydrogen (secondary N) is 1. The summed E-state index contributed by atoms with van der Waals surface area (Å²) in [6.07, 6.45) is 2.99. The molecule has 0 radical (unpaired) electrons. The molecule has 0 saturated heterocycles. The van der Waals surface area contributed by atoms with Gasteiger partial charge in [-0.1, -0.05) is 48.5 Å². The lowest BCUT2D eigenvalue weighted by molar-refractivity contribution is -0.111. The van der Waals surface area contributed by atoms with E-state index < -0.39 is 11.9 Å². The maximum Gasteiger partial charge on any atom is 0.337 e. The normalized spacial score (nSPS) is 10.6. The van der Waals surface area contributed by atoms with Gasteiger partial charge in [-0.2, -0.15) is 0 Å². The van der Waals surface area contributed by atoms with E-state index in [4.69, 9.17) is 4.74 Å². The molecule has 0 atom stereocenters. The van der Waals surface area contributed by atoms with E-state index in [-0.39, 0.29) is 11.3 Å². The number of aromatic carboxylic acids is 1. The van der Waals surface area contributed by atoms with E-state index in [1.807, 2.05) is 48.5 Å². The van der Waals surface area contributed by atoms with Crippen LogP contribution in [-0.2, 0) is 4.79 Å². The van der Waals surface area contributed by atoms with Crippen molar-refractivity contribution in [3.8, 4) is 16.9 Å². The smallest absolute Gasteiger partial charge is 0.337 e. The summed E-state index contributed by atoms with van der Waals surface area (Å²) in [4.78, 5) is 23.9. The Morgan fingerprint density at radius 2 is 1.71 bits per heavy atom. The van der Waals surface area contributed by atoms with Crippen LogP contribution in [0.3, 0.4) is 0 Å². The van der Waals surface area contributed by atoms with E-state index in [0.717, 1.165) is 16.7 Å². The number of benzene rings is 3. The minimum absolute atomic E-state index is 0.0304. The van der Waals surface area contributed by atoms with Crippen molar-refractivity contribution in [3.63, 3.8) is 0 Å². The molecule has 3 aromatic carbocycles. The Morgan fingerprint density at radius 1 is 0.929 bits per heavy atom. The topological polar surface area (TPSA) is 75.6 Å². The average molecular weight is 373 g/mol. The zero-order valence-corrected chi connectivity index (χ0v) is 15.3. The number of carbonyl (C=O) groups is 2. The van der Waals surface area contributed by atoms with Crippen molar-refractivity contribution in [1.29, 1.82) is 0 Å². The Morgan fingerprint density at radius 3 is 2.43 bits per heavy atom. The molecule has 0 saturated carbocycles. The van der Waals surface area contributed by atoms with Crippen molar-refractivity contribution in [2.24, 2.45) is 0 Å². The van der Waals surface area contributed by atoms with Crippen LogP contribution in [0.5, 0.6) is 5.75 Å². The summed E-state index contributed by atoms with van der Waals surface area (Å²) >= 11 is 0. The number of carboxylic acid groups (broad SMARTS) is 1. The molecule has 5 nitrogen and oxygen atoms in total. The molecular formula is C23H19NO4. The number of amides is 1. The Bertz CT molecular complexity index is 1030. The third-order valence-electron chi connectivity index (χ3n) is 4.14. The van der Waals surface area contributed by atoms with Gasteiger partial charge in [-0.05, 0) is 47.0 Å². The Hall–Kier alpha value is -3.86. The molecule has 1 amide bonds. The van der Waals surface area contributed by atoms with Crippen LogP contribution in [0.25, 0.3) is 17.2 Å². The number of methoxy groups -OCH3 is 1. The maximum absolute atomic E-state index is 12.3. The van der Waals surface area contributed by atoms with Gasteiger partial charge in [0.15, 0.2) is 0 Å². The van der Waals surface area contributed by atoms with Gasteiger partial charge in [0.1, 0.15) is 5.75 Å². The van der Waals surface area contributed by atoms with Crippen LogP contribution < -0.4 is 10.1 Å². The summed E-state index contributed by atoms with van der Waals surface area (Å²) in [7, 11) is 1.57. The quantitative estimate of drug-likeness (QED) is 0.614. The molecule has 3 aromatic rings. The monoisotopic (exact) mass is 373 g/mol. The van der Waals surface area contributed by atoms with Gasteiger partial charge < -0.3 is 15.2 Å². The number of rotatable bonds is 6. The second-order valence-electron chi connectivity index (χ2n) is 6.03. The molecule has 28 heavy (non-hydrogen) atoms. The van der Waals surface area contributed by atoms with Crippen LogP contribution in [0.15, 0.2) is 78.9 Å². The first-order valence-electron chi connectivity index (χ1n) is 8.62. The molecule has 0 aliphatic rings. The molecule has 0 spiro atoms. The predicted molar refractivity (Wildman–Crippen MR) is 109 cm³/mol. The molecule has 2 N–H and O–H groups in total. The molecule has 0 bridgehead atoms. The van der Waals surface area contributed by atoms with Gasteiger partial charge in [0.25, 0.3) is 0 Å². The molecular weight excluding hydrogens is 354 g/mol. The molecule has 0 aromatic heterocycles. The lowest BCUT2D eigenvalue weighted by Gasteiger charge is -2.10. The number of carbonyl (C=O) groups excluding carboxylic acids is 1. The van der Waals surface area contributed by atoms with Crippen LogP contribution in [0.4, 0.5) is 5.69 Å². The standard InChI is InChI=1S/C23H19NO4/c1-28-19-9-5-6-16(14-19)10-13-22(25)24-21-15-18(11-12-20(21)23(26)27)17-7-3-2-4-8-17/h2-15H,1H3,(H,24,25)(H,26,27)/b13-10+. The highest BCUT2D eigenvalue weighted by Gasteiger charge is 2.13. The number of hydrogen-bond acceptors (Lipinski definition) is 3. The van der Waals surface area contributed by atoms with Gasteiger partial charge in [-0.3, -0.25) is 4.79 Å². The second kappa shape index (κ2) is 8.68. The van der Waals surface area contributed by atoms with Crippen molar-refractivity contribution in [2.75, 3.05) is 12.4 Å². The first-order valence-corrected chi connectivity index (χ1v) is 8.62. The fourth-order valence-corrected chi connectivity index (χ4v) is 2.74. The van der Waals surface area contributed by atoms with Crippen LogP contribution in [0.2, 0.25) is 0 Å². The molecule has 0 aliphatic carbocycles. The van der Waals surface area contributed by atoms with Crippen molar-refractivity contribution in [3.05, 3.63) is 90.0 Å². The minimum atomic E-state index is -1.10. The molecule has 0 unspecified atom stereocenters. The molecule has 0 aliphatic heterocycles. The number of hydrogen-bond donors (Lipinski definition) is 2. The van der Waals surface area contributed by atoms with Gasteiger partial charge in [0.05, 0.1) is 18.4 Å². The second-order valence-corrected chi connectivity index (χ2v) is 6.03. The SMILES string of the molecule is COc1cccc(/C=C/C(=O)Nc2cc(-c3ccccc3)ccc2C(=O)O)c1. The van der Waals surface area contributed by atoms with E-state index >= 15 is 0 Å². The van der Waals surface area contributed by atoms with Gasteiger partial charge in [-0.15, -0.1) is 0 Å². The number of anilines is 1. The highest BCUT2D eigenvalue weighted by atomic mass is 16.5. The summed E-state index contributed by atoms with van der Waals surface area (Å²) in [5, 5.41) is 12.1. The van der Waals surface area contributed by atoms with E-state index in [9.17, 15) is 14.7 Å². The molecule has 140 valence electrons. The summed E-state index contributed by atoms with van der Waals surface area (Å²) in [5.74, 6) is -0.839. The number of carboxylic acids is 1. The van der Waals surface area contributed by atoms with Crippen molar-refractivity contribution in [1.82, 2.24) is 0 Å². The van der Waals surface area contributed by atoms with Crippen LogP contribution in [-0.4, -0.2) is 24.1 Å². The Labute approximate surface area is 162 Å². The lowest BCUT2D eigenvalue weighted by atomic mass is 10.0. The number of ether oxygens (including phenoxy) is 1. The van der Waals surface area contributed by atoms with Gasteiger partial charge in [0.2, 0.25) is 5.91 Å². The summed E-state index contributed by atoms with van der Waals surface area (Å²) in [6, 6.07) is 21.7. The van der Waals surface area contributed by atoms with Crippen LogP contribution >= 0.6 is 0 Å². The molecule has 5 heteroatoms. The molecule has 0 fully saturated rings. The fraction of sp³-hybridized carbons (Fsp3) is 0.0435. The third-order valence-corrected chi connectivity index (χ3v) is 4.14. The molecule has 0 heterocycles. The van der Waals surface area contributed by atoms with E-state index in [1.54, 1.807) is 31.4 Å². The van der Waals surface area contributed by atoms with Crippen LogP contribution in [0.1, 0.15) is 15.9 Å². The zero-order chi connectivity index (χ0) is 19.9. The summed E-state index contributed by atoms with van der Waals surface area (Å²) in [6.45, 7) is 0. The summed E-state index contributed by atoms with van der Waals surface area (Å²) in [5.41, 5.74) is 2.82.